The van der Waals surface area contributed by atoms with Crippen LogP contribution >= 0.6 is 15.9 Å². The van der Waals surface area contributed by atoms with Crippen molar-refractivity contribution in [2.24, 2.45) is 0 Å². The Morgan fingerprint density at radius 3 is 2.45 bits per heavy atom. The maximum Gasteiger partial charge on any atom is 0.307 e. The van der Waals surface area contributed by atoms with Gasteiger partial charge in [-0.25, -0.2) is 0 Å². The second-order valence-electron chi connectivity index (χ2n) is 4.08. The van der Waals surface area contributed by atoms with E-state index in [9.17, 15) is 9.59 Å². The second-order valence-corrected chi connectivity index (χ2v) is 4.99. The molecule has 1 N–H and O–H groups in total. The van der Waals surface area contributed by atoms with Crippen LogP contribution in [0.15, 0.2) is 28.7 Å². The van der Waals surface area contributed by atoms with E-state index in [-0.39, 0.29) is 38.0 Å². The van der Waals surface area contributed by atoms with Crippen molar-refractivity contribution in [1.82, 2.24) is 4.90 Å². The molecule has 0 heterocycles. The molecule has 0 aliphatic rings. The Labute approximate surface area is 126 Å². The summed E-state index contributed by atoms with van der Waals surface area (Å²) in [4.78, 5) is 25.0. The molecule has 0 aliphatic carbocycles. The van der Waals surface area contributed by atoms with Gasteiger partial charge in [0.2, 0.25) is 0 Å². The number of aliphatic hydroxyl groups is 1. The maximum absolute atomic E-state index is 12.3. The van der Waals surface area contributed by atoms with Crippen molar-refractivity contribution in [2.75, 3.05) is 26.3 Å². The molecule has 0 aliphatic heterocycles. The minimum absolute atomic E-state index is 0.121. The lowest BCUT2D eigenvalue weighted by molar-refractivity contribution is -0.143. The van der Waals surface area contributed by atoms with Gasteiger partial charge >= 0.3 is 5.97 Å². The van der Waals surface area contributed by atoms with Gasteiger partial charge in [-0.1, -0.05) is 15.9 Å². The fraction of sp³-hybridized carbons (Fsp3) is 0.429. The van der Waals surface area contributed by atoms with Gasteiger partial charge < -0.3 is 14.7 Å². The smallest absolute Gasteiger partial charge is 0.307 e. The first kappa shape index (κ1) is 16.7. The van der Waals surface area contributed by atoms with Crippen molar-refractivity contribution < 1.29 is 19.4 Å². The van der Waals surface area contributed by atoms with E-state index in [1.165, 1.54) is 4.90 Å². The quantitative estimate of drug-likeness (QED) is 0.767. The van der Waals surface area contributed by atoms with Gasteiger partial charge in [-0.05, 0) is 31.2 Å². The van der Waals surface area contributed by atoms with Crippen molar-refractivity contribution in [3.8, 4) is 0 Å². The van der Waals surface area contributed by atoms with Gasteiger partial charge in [0.25, 0.3) is 5.91 Å². The number of benzene rings is 1. The van der Waals surface area contributed by atoms with Crippen LogP contribution in [0, 0.1) is 0 Å². The van der Waals surface area contributed by atoms with Crippen LogP contribution in [0.4, 0.5) is 0 Å². The highest BCUT2D eigenvalue weighted by atomic mass is 79.9. The Morgan fingerprint density at radius 2 is 1.90 bits per heavy atom. The molecule has 0 spiro atoms. The number of carbonyl (C=O) groups excluding carboxylic acids is 2. The zero-order valence-corrected chi connectivity index (χ0v) is 12.9. The number of ether oxygens (including phenoxy) is 1. The minimum Gasteiger partial charge on any atom is -0.466 e. The van der Waals surface area contributed by atoms with Crippen LogP contribution in [0.2, 0.25) is 0 Å². The molecule has 0 saturated carbocycles. The van der Waals surface area contributed by atoms with Gasteiger partial charge in [-0.3, -0.25) is 9.59 Å². The Kier molecular flexibility index (Phi) is 7.25. The lowest BCUT2D eigenvalue weighted by Gasteiger charge is -2.21. The van der Waals surface area contributed by atoms with Crippen LogP contribution in [-0.2, 0) is 9.53 Å². The first-order chi connectivity index (χ1) is 9.58. The molecule has 1 amide bonds. The summed E-state index contributed by atoms with van der Waals surface area (Å²) in [5.74, 6) is -0.560. The fourth-order valence-corrected chi connectivity index (χ4v) is 1.93. The number of carbonyl (C=O) groups is 2. The van der Waals surface area contributed by atoms with Crippen molar-refractivity contribution in [2.45, 2.75) is 13.3 Å². The molecule has 0 unspecified atom stereocenters. The number of hydrogen-bond acceptors (Lipinski definition) is 4. The molecule has 20 heavy (non-hydrogen) atoms. The van der Waals surface area contributed by atoms with E-state index in [2.05, 4.69) is 15.9 Å². The highest BCUT2D eigenvalue weighted by Crippen LogP contribution is 2.12. The normalized spacial score (nSPS) is 10.2. The number of hydrogen-bond donors (Lipinski definition) is 1. The van der Waals surface area contributed by atoms with Crippen LogP contribution < -0.4 is 0 Å². The van der Waals surface area contributed by atoms with E-state index in [0.29, 0.717) is 12.2 Å². The topological polar surface area (TPSA) is 66.8 Å². The van der Waals surface area contributed by atoms with E-state index in [0.717, 1.165) is 4.47 Å². The van der Waals surface area contributed by atoms with E-state index in [1.54, 1.807) is 31.2 Å². The molecule has 0 fully saturated rings. The number of aliphatic hydroxyl groups excluding tert-OH is 1. The van der Waals surface area contributed by atoms with E-state index >= 15 is 0 Å². The average molecular weight is 344 g/mol. The van der Waals surface area contributed by atoms with Crippen LogP contribution in [0.25, 0.3) is 0 Å². The predicted octanol–water partition coefficient (Wildman–Crippen LogP) is 1.84. The molecule has 0 bridgehead atoms. The standard InChI is InChI=1S/C14H18BrNO4/c1-2-20-13(18)7-8-16(9-10-17)14(19)11-3-5-12(15)6-4-11/h3-6,17H,2,7-10H2,1H3. The minimum atomic E-state index is -0.348. The molecule has 5 nitrogen and oxygen atoms in total. The molecule has 1 aromatic carbocycles. The Bertz CT molecular complexity index is 447. The largest absolute Gasteiger partial charge is 0.466 e. The molecule has 1 aromatic rings. The summed E-state index contributed by atoms with van der Waals surface area (Å²) in [6, 6.07) is 6.94. The highest BCUT2D eigenvalue weighted by molar-refractivity contribution is 9.10. The van der Waals surface area contributed by atoms with Crippen LogP contribution in [-0.4, -0.2) is 48.2 Å². The van der Waals surface area contributed by atoms with Crippen molar-refractivity contribution in [1.29, 1.82) is 0 Å². The SMILES string of the molecule is CCOC(=O)CCN(CCO)C(=O)c1ccc(Br)cc1. The monoisotopic (exact) mass is 343 g/mol. The molecule has 6 heteroatoms. The number of amides is 1. The molecule has 0 saturated heterocycles. The Morgan fingerprint density at radius 1 is 1.25 bits per heavy atom. The second kappa shape index (κ2) is 8.71. The van der Waals surface area contributed by atoms with Gasteiger partial charge in [0.15, 0.2) is 0 Å². The average Bonchev–Trinajstić information content (AvgIpc) is 2.44. The van der Waals surface area contributed by atoms with E-state index < -0.39 is 0 Å². The Hall–Kier alpha value is -1.40. The first-order valence-corrected chi connectivity index (χ1v) is 7.19. The van der Waals surface area contributed by atoms with Gasteiger partial charge in [0.05, 0.1) is 19.6 Å². The van der Waals surface area contributed by atoms with Gasteiger partial charge in [-0.2, -0.15) is 0 Å². The van der Waals surface area contributed by atoms with Crippen LogP contribution in [0.5, 0.6) is 0 Å². The zero-order chi connectivity index (χ0) is 15.0. The van der Waals surface area contributed by atoms with Crippen molar-refractivity contribution in [3.05, 3.63) is 34.3 Å². The molecule has 0 atom stereocenters. The van der Waals surface area contributed by atoms with E-state index in [1.807, 2.05) is 0 Å². The molecular formula is C14H18BrNO4. The van der Waals surface area contributed by atoms with Crippen molar-refractivity contribution in [3.63, 3.8) is 0 Å². The number of rotatable bonds is 7. The molecule has 110 valence electrons. The van der Waals surface area contributed by atoms with E-state index in [4.69, 9.17) is 9.84 Å². The number of halogens is 1. The van der Waals surface area contributed by atoms with Gasteiger partial charge in [0.1, 0.15) is 0 Å². The summed E-state index contributed by atoms with van der Waals surface area (Å²) >= 11 is 3.30. The third kappa shape index (κ3) is 5.30. The summed E-state index contributed by atoms with van der Waals surface area (Å²) in [6.45, 7) is 2.32. The highest BCUT2D eigenvalue weighted by Gasteiger charge is 2.16. The van der Waals surface area contributed by atoms with Gasteiger partial charge in [0, 0.05) is 23.1 Å². The summed E-state index contributed by atoms with van der Waals surface area (Å²) in [5.41, 5.74) is 0.519. The fourth-order valence-electron chi connectivity index (χ4n) is 1.67. The summed E-state index contributed by atoms with van der Waals surface area (Å²) in [6.07, 6.45) is 0.121. The molecule has 0 radical (unpaired) electrons. The summed E-state index contributed by atoms with van der Waals surface area (Å²) in [5, 5.41) is 9.03. The lowest BCUT2D eigenvalue weighted by atomic mass is 10.2. The Balaban J connectivity index is 2.67. The third-order valence-corrected chi connectivity index (χ3v) is 3.17. The third-order valence-electron chi connectivity index (χ3n) is 2.64. The molecular weight excluding hydrogens is 326 g/mol. The molecule has 1 rings (SSSR count). The lowest BCUT2D eigenvalue weighted by Crippen LogP contribution is -2.35. The number of esters is 1. The zero-order valence-electron chi connectivity index (χ0n) is 11.3. The molecule has 0 aromatic heterocycles. The van der Waals surface area contributed by atoms with Crippen molar-refractivity contribution >= 4 is 27.8 Å². The first-order valence-electron chi connectivity index (χ1n) is 6.39. The van der Waals surface area contributed by atoms with Gasteiger partial charge in [-0.15, -0.1) is 0 Å². The van der Waals surface area contributed by atoms with Crippen LogP contribution in [0.3, 0.4) is 0 Å². The number of nitrogens with zero attached hydrogens (tertiary/aromatic N) is 1. The van der Waals surface area contributed by atoms with Crippen LogP contribution in [0.1, 0.15) is 23.7 Å². The predicted molar refractivity (Wildman–Crippen MR) is 78.4 cm³/mol. The summed E-state index contributed by atoms with van der Waals surface area (Å²) < 4.78 is 5.71. The maximum atomic E-state index is 12.3. The summed E-state index contributed by atoms with van der Waals surface area (Å²) in [7, 11) is 0.